The molecule has 0 spiro atoms. The molecule has 0 unspecified atom stereocenters. The van der Waals surface area contributed by atoms with Crippen molar-refractivity contribution in [1.82, 2.24) is 5.32 Å². The molecule has 6 heteroatoms. The average Bonchev–Trinajstić information content (AvgIpc) is 2.11. The van der Waals surface area contributed by atoms with Crippen LogP contribution in [-0.2, 0) is 9.59 Å². The van der Waals surface area contributed by atoms with E-state index in [-0.39, 0.29) is 6.41 Å². The second kappa shape index (κ2) is 5.63. The Labute approximate surface area is 75.2 Å². The first-order valence-electron chi connectivity index (χ1n) is 3.74. The summed E-state index contributed by atoms with van der Waals surface area (Å²) in [6.07, 6.45) is -2.35. The van der Waals surface area contributed by atoms with Crippen LogP contribution in [0.3, 0.4) is 0 Å². The first kappa shape index (κ1) is 12.0. The zero-order valence-electron chi connectivity index (χ0n) is 7.17. The Hall–Kier alpha value is -0.980. The number of carbonyl (C=O) groups is 2. The van der Waals surface area contributed by atoms with Crippen molar-refractivity contribution in [3.8, 4) is 0 Å². The number of amides is 1. The third-order valence-electron chi connectivity index (χ3n) is 1.59. The molecule has 6 nitrogen and oxygen atoms in total. The largest absolute Gasteiger partial charge is 0.391 e. The van der Waals surface area contributed by atoms with Crippen molar-refractivity contribution in [1.29, 1.82) is 0 Å². The third kappa shape index (κ3) is 3.49. The molecule has 0 radical (unpaired) electrons. The van der Waals surface area contributed by atoms with Gasteiger partial charge in [0.2, 0.25) is 6.41 Å². The first-order chi connectivity index (χ1) is 6.04. The summed E-state index contributed by atoms with van der Waals surface area (Å²) in [5.41, 5.74) is 0. The van der Waals surface area contributed by atoms with Crippen LogP contribution in [0.25, 0.3) is 0 Å². The molecule has 1 amide bonds. The van der Waals surface area contributed by atoms with Crippen LogP contribution < -0.4 is 5.32 Å². The van der Waals surface area contributed by atoms with Gasteiger partial charge in [0.05, 0.1) is 6.10 Å². The molecule has 76 valence electrons. The number of aliphatic hydroxyl groups excluding tert-OH is 3. The molecule has 0 fully saturated rings. The summed E-state index contributed by atoms with van der Waals surface area (Å²) >= 11 is 0. The minimum atomic E-state index is -1.41. The van der Waals surface area contributed by atoms with Gasteiger partial charge in [-0.25, -0.2) is 0 Å². The number of nitrogens with one attached hydrogen (secondary N) is 1. The van der Waals surface area contributed by atoms with Gasteiger partial charge in [0.15, 0.2) is 5.78 Å². The van der Waals surface area contributed by atoms with Gasteiger partial charge < -0.3 is 20.6 Å². The van der Waals surface area contributed by atoms with Gasteiger partial charge in [-0.05, 0) is 6.92 Å². The summed E-state index contributed by atoms with van der Waals surface area (Å²) in [5.74, 6) is -0.750. The minimum Gasteiger partial charge on any atom is -0.391 e. The normalized spacial score (nSPS) is 17.2. The smallest absolute Gasteiger partial charge is 0.207 e. The number of ketones is 1. The molecule has 0 bridgehead atoms. The Morgan fingerprint density at radius 1 is 1.54 bits per heavy atom. The van der Waals surface area contributed by atoms with Gasteiger partial charge in [-0.1, -0.05) is 0 Å². The van der Waals surface area contributed by atoms with E-state index in [4.69, 9.17) is 10.2 Å². The van der Waals surface area contributed by atoms with E-state index in [1.54, 1.807) is 0 Å². The van der Waals surface area contributed by atoms with Crippen molar-refractivity contribution in [2.75, 3.05) is 6.61 Å². The molecule has 0 aromatic carbocycles. The topological polar surface area (TPSA) is 107 Å². The molecule has 4 N–H and O–H groups in total. The Balaban J connectivity index is 4.39. The van der Waals surface area contributed by atoms with Crippen molar-refractivity contribution < 1.29 is 24.9 Å². The lowest BCUT2D eigenvalue weighted by molar-refractivity contribution is -0.131. The van der Waals surface area contributed by atoms with E-state index < -0.39 is 30.6 Å². The molecule has 0 aliphatic carbocycles. The summed E-state index contributed by atoms with van der Waals surface area (Å²) in [4.78, 5) is 20.9. The van der Waals surface area contributed by atoms with E-state index in [9.17, 15) is 14.7 Å². The molecule has 0 rings (SSSR count). The van der Waals surface area contributed by atoms with Gasteiger partial charge in [-0.15, -0.1) is 0 Å². The van der Waals surface area contributed by atoms with Crippen molar-refractivity contribution >= 4 is 12.2 Å². The summed E-state index contributed by atoms with van der Waals surface area (Å²) in [7, 11) is 0. The Bertz CT molecular complexity index is 182. The number of hydrogen-bond donors (Lipinski definition) is 4. The third-order valence-corrected chi connectivity index (χ3v) is 1.59. The van der Waals surface area contributed by atoms with E-state index in [1.165, 1.54) is 6.92 Å². The number of carbonyl (C=O) groups excluding carboxylic acids is 2. The molecule has 13 heavy (non-hydrogen) atoms. The second-order valence-electron chi connectivity index (χ2n) is 2.62. The molecule has 0 saturated heterocycles. The highest BCUT2D eigenvalue weighted by atomic mass is 16.3. The maximum Gasteiger partial charge on any atom is 0.207 e. The Kier molecular flexibility index (Phi) is 5.20. The van der Waals surface area contributed by atoms with Gasteiger partial charge >= 0.3 is 0 Å². The van der Waals surface area contributed by atoms with E-state index in [2.05, 4.69) is 0 Å². The van der Waals surface area contributed by atoms with Crippen LogP contribution in [0.5, 0.6) is 0 Å². The molecule has 0 aliphatic heterocycles. The molecule has 3 atom stereocenters. The zero-order chi connectivity index (χ0) is 10.4. The van der Waals surface area contributed by atoms with Gasteiger partial charge in [-0.3, -0.25) is 9.59 Å². The highest BCUT2D eigenvalue weighted by molar-refractivity contribution is 5.87. The van der Waals surface area contributed by atoms with Gasteiger partial charge in [0, 0.05) is 0 Å². The fourth-order valence-electron chi connectivity index (χ4n) is 0.832. The fraction of sp³-hybridized carbons (Fsp3) is 0.714. The minimum absolute atomic E-state index is 0.226. The van der Waals surface area contributed by atoms with Crippen LogP contribution in [0.4, 0.5) is 0 Å². The maximum atomic E-state index is 10.9. The number of hydrogen-bond acceptors (Lipinski definition) is 5. The SMILES string of the molecule is C[C@@H](O)[C@@H](O)[C@H](NC=O)C(=O)CO. The molecule has 0 heterocycles. The zero-order valence-corrected chi connectivity index (χ0v) is 7.17. The van der Waals surface area contributed by atoms with Crippen LogP contribution in [0, 0.1) is 0 Å². The van der Waals surface area contributed by atoms with Crippen LogP contribution in [0.2, 0.25) is 0 Å². The van der Waals surface area contributed by atoms with Crippen LogP contribution in [0.15, 0.2) is 0 Å². The lowest BCUT2D eigenvalue weighted by Crippen LogP contribution is -2.50. The highest BCUT2D eigenvalue weighted by Gasteiger charge is 2.28. The highest BCUT2D eigenvalue weighted by Crippen LogP contribution is 2.00. The van der Waals surface area contributed by atoms with Crippen molar-refractivity contribution in [3.05, 3.63) is 0 Å². The van der Waals surface area contributed by atoms with Crippen LogP contribution in [-0.4, -0.2) is 52.4 Å². The van der Waals surface area contributed by atoms with Crippen molar-refractivity contribution in [3.63, 3.8) is 0 Å². The molecular weight excluding hydrogens is 178 g/mol. The van der Waals surface area contributed by atoms with E-state index in [0.717, 1.165) is 0 Å². The monoisotopic (exact) mass is 191 g/mol. The van der Waals surface area contributed by atoms with E-state index >= 15 is 0 Å². The van der Waals surface area contributed by atoms with Crippen LogP contribution in [0.1, 0.15) is 6.92 Å². The number of rotatable bonds is 6. The Morgan fingerprint density at radius 2 is 2.08 bits per heavy atom. The fourth-order valence-corrected chi connectivity index (χ4v) is 0.832. The van der Waals surface area contributed by atoms with E-state index in [1.807, 2.05) is 5.32 Å². The quantitative estimate of drug-likeness (QED) is 0.344. The lowest BCUT2D eigenvalue weighted by atomic mass is 10.0. The molecule has 0 saturated carbocycles. The lowest BCUT2D eigenvalue weighted by Gasteiger charge is -2.22. The first-order valence-corrected chi connectivity index (χ1v) is 3.74. The van der Waals surface area contributed by atoms with Crippen molar-refractivity contribution in [2.45, 2.75) is 25.2 Å². The molecule has 0 aliphatic rings. The standard InChI is InChI=1S/C7H13NO5/c1-4(11)7(13)6(8-3-10)5(12)2-9/h3-4,6-7,9,11,13H,2H2,1H3,(H,8,10)/t4-,6-,7-/m1/s1. The maximum absolute atomic E-state index is 10.9. The summed E-state index contributed by atoms with van der Waals surface area (Å²) < 4.78 is 0. The van der Waals surface area contributed by atoms with Gasteiger partial charge in [-0.2, -0.15) is 0 Å². The molecule has 0 aromatic rings. The average molecular weight is 191 g/mol. The number of aliphatic hydroxyl groups is 3. The summed E-state index contributed by atoms with van der Waals surface area (Å²) in [6, 6.07) is -1.26. The second-order valence-corrected chi connectivity index (χ2v) is 2.62. The molecule has 0 aromatic heterocycles. The summed E-state index contributed by atoms with van der Waals surface area (Å²) in [5, 5.41) is 28.6. The van der Waals surface area contributed by atoms with E-state index in [0.29, 0.717) is 0 Å². The van der Waals surface area contributed by atoms with Gasteiger partial charge in [0.25, 0.3) is 0 Å². The summed E-state index contributed by atoms with van der Waals surface area (Å²) in [6.45, 7) is 0.476. The van der Waals surface area contributed by atoms with Crippen molar-refractivity contribution in [2.24, 2.45) is 0 Å². The number of Topliss-reactive ketones (excluding diaryl/α,β-unsaturated/α-hetero) is 1. The van der Waals surface area contributed by atoms with Crippen LogP contribution >= 0.6 is 0 Å². The predicted molar refractivity (Wildman–Crippen MR) is 42.8 cm³/mol. The molecular formula is C7H13NO5. The predicted octanol–water partition coefficient (Wildman–Crippen LogP) is -2.60. The van der Waals surface area contributed by atoms with Gasteiger partial charge in [0.1, 0.15) is 18.8 Å². The Morgan fingerprint density at radius 3 is 2.38 bits per heavy atom.